The summed E-state index contributed by atoms with van der Waals surface area (Å²) in [6, 6.07) is 11.3. The van der Waals surface area contributed by atoms with E-state index in [1.54, 1.807) is 24.3 Å². The van der Waals surface area contributed by atoms with Crippen LogP contribution in [0, 0.1) is 11.3 Å². The molecule has 0 aliphatic carbocycles. The van der Waals surface area contributed by atoms with E-state index in [9.17, 15) is 13.2 Å². The summed E-state index contributed by atoms with van der Waals surface area (Å²) in [6.07, 6.45) is 2.33. The number of amides is 1. The lowest BCUT2D eigenvalue weighted by Crippen LogP contribution is -2.14. The summed E-state index contributed by atoms with van der Waals surface area (Å²) in [7, 11) is -3.55. The Bertz CT molecular complexity index is 1230. The van der Waals surface area contributed by atoms with Crippen molar-refractivity contribution in [2.45, 2.75) is 4.90 Å². The summed E-state index contributed by atoms with van der Waals surface area (Å²) in [6.45, 7) is 0. The zero-order valence-electron chi connectivity index (χ0n) is 14.0. The van der Waals surface area contributed by atoms with Gasteiger partial charge < -0.3 is 11.1 Å². The number of aromatic nitrogens is 1. The van der Waals surface area contributed by atoms with Crippen LogP contribution < -0.4 is 11.1 Å². The third-order valence-electron chi connectivity index (χ3n) is 3.85. The van der Waals surface area contributed by atoms with Gasteiger partial charge >= 0.3 is 0 Å². The predicted octanol–water partition coefficient (Wildman–Crippen LogP) is 3.01. The summed E-state index contributed by atoms with van der Waals surface area (Å²) in [5.41, 5.74) is 7.02. The number of pyridine rings is 1. The first kappa shape index (κ1) is 18.6. The van der Waals surface area contributed by atoms with Crippen LogP contribution in [0.3, 0.4) is 0 Å². The summed E-state index contributed by atoms with van der Waals surface area (Å²) >= 11 is 6.21. The zero-order valence-corrected chi connectivity index (χ0v) is 15.6. The molecule has 0 spiro atoms. The Balaban J connectivity index is 2.33. The molecule has 0 saturated heterocycles. The summed E-state index contributed by atoms with van der Waals surface area (Å²) in [5.74, 6) is -0.746. The second kappa shape index (κ2) is 6.87. The highest BCUT2D eigenvalue weighted by molar-refractivity contribution is 7.90. The van der Waals surface area contributed by atoms with Crippen molar-refractivity contribution < 1.29 is 13.2 Å². The highest BCUT2D eigenvalue weighted by atomic mass is 35.5. The number of rotatable bonds is 4. The Morgan fingerprint density at radius 1 is 1.30 bits per heavy atom. The molecule has 1 amide bonds. The predicted molar refractivity (Wildman–Crippen MR) is 103 cm³/mol. The maximum absolute atomic E-state index is 12.0. The van der Waals surface area contributed by atoms with Crippen molar-refractivity contribution in [3.63, 3.8) is 0 Å². The third-order valence-corrected chi connectivity index (χ3v) is 5.23. The average Bonchev–Trinajstić information content (AvgIpc) is 2.61. The number of sulfone groups is 1. The van der Waals surface area contributed by atoms with E-state index in [2.05, 4.69) is 10.3 Å². The quantitative estimate of drug-likeness (QED) is 0.693. The molecule has 0 aliphatic rings. The molecule has 3 N–H and O–H groups in total. The first-order valence-electron chi connectivity index (χ1n) is 7.60. The van der Waals surface area contributed by atoms with Crippen molar-refractivity contribution in [3.05, 3.63) is 58.7 Å². The second-order valence-corrected chi connectivity index (χ2v) is 8.23. The van der Waals surface area contributed by atoms with E-state index in [1.807, 2.05) is 6.07 Å². The third kappa shape index (κ3) is 3.69. The molecule has 0 saturated carbocycles. The van der Waals surface area contributed by atoms with E-state index < -0.39 is 15.7 Å². The van der Waals surface area contributed by atoms with Gasteiger partial charge in [-0.2, -0.15) is 5.26 Å². The second-order valence-electron chi connectivity index (χ2n) is 5.80. The number of hydrogen-bond donors (Lipinski definition) is 2. The molecule has 27 heavy (non-hydrogen) atoms. The number of nitrogens with zero attached hydrogens (tertiary/aromatic N) is 2. The van der Waals surface area contributed by atoms with Crippen molar-refractivity contribution in [1.29, 1.82) is 5.26 Å². The van der Waals surface area contributed by atoms with Gasteiger partial charge in [0.2, 0.25) is 0 Å². The first-order chi connectivity index (χ1) is 12.7. The minimum absolute atomic E-state index is 0.0164. The van der Waals surface area contributed by atoms with Gasteiger partial charge in [-0.25, -0.2) is 8.42 Å². The minimum atomic E-state index is -3.55. The van der Waals surface area contributed by atoms with Crippen LogP contribution in [-0.4, -0.2) is 25.6 Å². The fraction of sp³-hybridized carbons (Fsp3) is 0.0556. The Hall–Kier alpha value is -3.15. The SMILES string of the molecule is CS(=O)(=O)c1cc(Cl)c2ncc(C(N)=O)c(Nc3cccc(C#N)c3)c2c1. The molecule has 0 fully saturated rings. The Morgan fingerprint density at radius 3 is 2.67 bits per heavy atom. The van der Waals surface area contributed by atoms with Crippen molar-refractivity contribution >= 4 is 49.6 Å². The topological polar surface area (TPSA) is 126 Å². The monoisotopic (exact) mass is 400 g/mol. The van der Waals surface area contributed by atoms with Gasteiger partial charge in [0.25, 0.3) is 5.91 Å². The Kier molecular flexibility index (Phi) is 4.74. The van der Waals surface area contributed by atoms with E-state index in [4.69, 9.17) is 22.6 Å². The van der Waals surface area contributed by atoms with Gasteiger partial charge in [0, 0.05) is 23.5 Å². The van der Waals surface area contributed by atoms with Crippen LogP contribution in [0.25, 0.3) is 10.9 Å². The number of nitrogens with one attached hydrogen (secondary N) is 1. The van der Waals surface area contributed by atoms with E-state index in [0.29, 0.717) is 22.2 Å². The highest BCUT2D eigenvalue weighted by Gasteiger charge is 2.19. The molecule has 2 aromatic carbocycles. The molecular weight excluding hydrogens is 388 g/mol. The molecule has 0 bridgehead atoms. The van der Waals surface area contributed by atoms with Crippen LogP contribution in [0.5, 0.6) is 0 Å². The van der Waals surface area contributed by atoms with E-state index in [-0.39, 0.29) is 21.2 Å². The highest BCUT2D eigenvalue weighted by Crippen LogP contribution is 2.34. The maximum Gasteiger partial charge on any atom is 0.252 e. The molecule has 0 atom stereocenters. The van der Waals surface area contributed by atoms with Crippen LogP contribution in [-0.2, 0) is 9.84 Å². The fourth-order valence-electron chi connectivity index (χ4n) is 2.58. The number of carbonyl (C=O) groups is 1. The number of nitriles is 1. The Labute approximate surface area is 160 Å². The number of halogens is 1. The lowest BCUT2D eigenvalue weighted by molar-refractivity contribution is 0.100. The number of carbonyl (C=O) groups excluding carboxylic acids is 1. The molecule has 9 heteroatoms. The number of fused-ring (bicyclic) bond motifs is 1. The van der Waals surface area contributed by atoms with Gasteiger partial charge in [0.05, 0.1) is 38.3 Å². The summed E-state index contributed by atoms with van der Waals surface area (Å²) < 4.78 is 23.9. The molecule has 0 radical (unpaired) electrons. The van der Waals surface area contributed by atoms with Crippen LogP contribution in [0.2, 0.25) is 5.02 Å². The zero-order chi connectivity index (χ0) is 19.8. The standard InChI is InChI=1S/C18H13ClN4O3S/c1-27(25,26)12-6-13-16(23-11-4-2-3-10(5-11)8-20)14(18(21)24)9-22-17(13)15(19)7-12/h2-7,9H,1H3,(H2,21,24)(H,22,23). The largest absolute Gasteiger partial charge is 0.365 e. The number of primary amides is 1. The number of anilines is 2. The first-order valence-corrected chi connectivity index (χ1v) is 9.87. The fourth-order valence-corrected chi connectivity index (χ4v) is 3.58. The van der Waals surface area contributed by atoms with Gasteiger partial charge in [-0.3, -0.25) is 9.78 Å². The summed E-state index contributed by atoms with van der Waals surface area (Å²) in [5, 5.41) is 12.5. The van der Waals surface area contributed by atoms with Crippen molar-refractivity contribution in [2.24, 2.45) is 5.73 Å². The molecule has 136 valence electrons. The van der Waals surface area contributed by atoms with Crippen LogP contribution in [0.4, 0.5) is 11.4 Å². The van der Waals surface area contributed by atoms with Crippen molar-refractivity contribution in [2.75, 3.05) is 11.6 Å². The molecule has 3 rings (SSSR count). The van der Waals surface area contributed by atoms with Crippen molar-refractivity contribution in [1.82, 2.24) is 4.98 Å². The number of benzene rings is 2. The lowest BCUT2D eigenvalue weighted by Gasteiger charge is -2.15. The molecule has 0 unspecified atom stereocenters. The Morgan fingerprint density at radius 2 is 2.04 bits per heavy atom. The van der Waals surface area contributed by atoms with E-state index in [1.165, 1.54) is 18.3 Å². The molecule has 3 aromatic rings. The van der Waals surface area contributed by atoms with Gasteiger partial charge in [-0.15, -0.1) is 0 Å². The summed E-state index contributed by atoms with van der Waals surface area (Å²) in [4.78, 5) is 16.0. The van der Waals surface area contributed by atoms with Crippen LogP contribution in [0.1, 0.15) is 15.9 Å². The molecule has 7 nitrogen and oxygen atoms in total. The molecule has 1 heterocycles. The molecule has 0 aliphatic heterocycles. The van der Waals surface area contributed by atoms with Crippen LogP contribution in [0.15, 0.2) is 47.5 Å². The normalized spacial score (nSPS) is 11.1. The number of hydrogen-bond acceptors (Lipinski definition) is 6. The molecular formula is C18H13ClN4O3S. The van der Waals surface area contributed by atoms with Gasteiger partial charge in [0.15, 0.2) is 9.84 Å². The minimum Gasteiger partial charge on any atom is -0.365 e. The molecule has 1 aromatic heterocycles. The smallest absolute Gasteiger partial charge is 0.252 e. The van der Waals surface area contributed by atoms with Gasteiger partial charge in [-0.1, -0.05) is 17.7 Å². The van der Waals surface area contributed by atoms with Crippen LogP contribution >= 0.6 is 11.6 Å². The number of nitrogens with two attached hydrogens (primary N) is 1. The van der Waals surface area contributed by atoms with E-state index in [0.717, 1.165) is 6.26 Å². The van der Waals surface area contributed by atoms with Crippen molar-refractivity contribution in [3.8, 4) is 6.07 Å². The van der Waals surface area contributed by atoms with E-state index >= 15 is 0 Å². The average molecular weight is 401 g/mol. The lowest BCUT2D eigenvalue weighted by atomic mass is 10.1. The van der Waals surface area contributed by atoms with Gasteiger partial charge in [-0.05, 0) is 30.3 Å². The maximum atomic E-state index is 12.0. The van der Waals surface area contributed by atoms with Gasteiger partial charge in [0.1, 0.15) is 0 Å².